The van der Waals surface area contributed by atoms with E-state index in [9.17, 15) is 18.5 Å². The van der Waals surface area contributed by atoms with Crippen LogP contribution < -0.4 is 19.9 Å². The zero-order valence-electron chi connectivity index (χ0n) is 20.7. The van der Waals surface area contributed by atoms with E-state index in [1.165, 1.54) is 12.8 Å². The highest BCUT2D eigenvalue weighted by Crippen LogP contribution is 2.33. The van der Waals surface area contributed by atoms with Crippen molar-refractivity contribution in [3.8, 4) is 11.5 Å². The minimum atomic E-state index is -4.09. The van der Waals surface area contributed by atoms with Crippen LogP contribution in [-0.4, -0.2) is 47.4 Å². The number of ether oxygens (including phenoxy) is 4. The first kappa shape index (κ1) is 26.6. The molecule has 0 unspecified atom stereocenters. The number of allylic oxidation sites excluding steroid dienone is 1. The van der Waals surface area contributed by atoms with Gasteiger partial charge >= 0.3 is 0 Å². The molecule has 0 atom stereocenters. The smallest absolute Gasteiger partial charge is 0.297 e. The van der Waals surface area contributed by atoms with Crippen LogP contribution in [0.2, 0.25) is 0 Å². The summed E-state index contributed by atoms with van der Waals surface area (Å²) < 4.78 is 52.7. The highest BCUT2D eigenvalue weighted by molar-refractivity contribution is 7.86. The first-order valence-corrected chi connectivity index (χ1v) is 13.3. The number of hydrogen-bond donors (Lipinski definition) is 0. The molecule has 0 N–H and O–H groups in total. The van der Waals surface area contributed by atoms with Gasteiger partial charge in [0.1, 0.15) is 12.4 Å². The van der Waals surface area contributed by atoms with Crippen LogP contribution in [0.3, 0.4) is 0 Å². The van der Waals surface area contributed by atoms with E-state index in [2.05, 4.69) is 6.08 Å². The van der Waals surface area contributed by atoms with Gasteiger partial charge in [0.15, 0.2) is 11.5 Å². The number of rotatable bonds is 11. The molecule has 0 spiro atoms. The SMILES string of the molecule is COc1ccc2c(c1OC)=C(COCCOS(=O)(=O)c1ccc([N+](=O)[O-])cc1)OC=C(C1CCCC1)C=2. The fraction of sp³-hybridized carbons (Fsp3) is 0.385. The van der Waals surface area contributed by atoms with E-state index < -0.39 is 15.0 Å². The highest BCUT2D eigenvalue weighted by Gasteiger charge is 2.22. The summed E-state index contributed by atoms with van der Waals surface area (Å²) >= 11 is 0. The predicted octanol–water partition coefficient (Wildman–Crippen LogP) is 3.03. The van der Waals surface area contributed by atoms with E-state index in [4.69, 9.17) is 23.1 Å². The molecule has 1 saturated carbocycles. The number of nitro benzene ring substituents is 1. The Labute approximate surface area is 215 Å². The lowest BCUT2D eigenvalue weighted by molar-refractivity contribution is -0.384. The Bertz CT molecular complexity index is 1390. The van der Waals surface area contributed by atoms with E-state index in [0.29, 0.717) is 28.4 Å². The number of hydrogen-bond acceptors (Lipinski definition) is 9. The molecule has 1 heterocycles. The van der Waals surface area contributed by atoms with Crippen LogP contribution in [0.15, 0.2) is 53.1 Å². The van der Waals surface area contributed by atoms with Crippen LogP contribution in [-0.2, 0) is 23.8 Å². The molecule has 1 aliphatic carbocycles. The van der Waals surface area contributed by atoms with Crippen molar-refractivity contribution in [2.45, 2.75) is 30.6 Å². The third-order valence-corrected chi connectivity index (χ3v) is 7.70. The zero-order chi connectivity index (χ0) is 26.4. The monoisotopic (exact) mass is 531 g/mol. The second-order valence-corrected chi connectivity index (χ2v) is 10.2. The molecule has 10 nitrogen and oxygen atoms in total. The van der Waals surface area contributed by atoms with Crippen molar-refractivity contribution in [2.75, 3.05) is 34.0 Å². The van der Waals surface area contributed by atoms with Gasteiger partial charge in [0, 0.05) is 12.1 Å². The van der Waals surface area contributed by atoms with Gasteiger partial charge in [0.05, 0.1) is 48.7 Å². The Morgan fingerprint density at radius 2 is 1.76 bits per heavy atom. The number of nitro groups is 1. The molecule has 2 aromatic rings. The van der Waals surface area contributed by atoms with Gasteiger partial charge < -0.3 is 18.9 Å². The van der Waals surface area contributed by atoms with Crippen molar-refractivity contribution in [3.63, 3.8) is 0 Å². The molecule has 1 fully saturated rings. The predicted molar refractivity (Wildman–Crippen MR) is 135 cm³/mol. The molecule has 0 radical (unpaired) electrons. The van der Waals surface area contributed by atoms with Crippen molar-refractivity contribution < 1.29 is 36.5 Å². The van der Waals surface area contributed by atoms with Crippen LogP contribution in [0.25, 0.3) is 11.8 Å². The van der Waals surface area contributed by atoms with Gasteiger partial charge in [0.25, 0.3) is 15.8 Å². The quantitative estimate of drug-likeness (QED) is 0.186. The number of nitrogens with zero attached hydrogens (tertiary/aromatic N) is 1. The normalized spacial score (nSPS) is 15.7. The molecule has 2 aliphatic rings. The average molecular weight is 532 g/mol. The summed E-state index contributed by atoms with van der Waals surface area (Å²) in [6, 6.07) is 8.28. The number of methoxy groups -OCH3 is 2. The third kappa shape index (κ3) is 6.12. The van der Waals surface area contributed by atoms with Crippen molar-refractivity contribution in [1.29, 1.82) is 0 Å². The third-order valence-electron chi connectivity index (χ3n) is 6.38. The fourth-order valence-electron chi connectivity index (χ4n) is 4.51. The van der Waals surface area contributed by atoms with Crippen LogP contribution >= 0.6 is 0 Å². The summed E-state index contributed by atoms with van der Waals surface area (Å²) in [5.41, 5.74) is 0.899. The molecular formula is C26H29NO9S. The maximum atomic E-state index is 12.4. The van der Waals surface area contributed by atoms with Crippen molar-refractivity contribution in [2.24, 2.45) is 5.92 Å². The van der Waals surface area contributed by atoms with E-state index in [-0.39, 0.29) is 30.4 Å². The lowest BCUT2D eigenvalue weighted by Crippen LogP contribution is -2.30. The number of non-ortho nitro benzene ring substituents is 1. The van der Waals surface area contributed by atoms with Gasteiger partial charge in [-0.1, -0.05) is 18.9 Å². The summed E-state index contributed by atoms with van der Waals surface area (Å²) in [6.07, 6.45) is 8.48. The van der Waals surface area contributed by atoms with E-state index in [1.54, 1.807) is 20.5 Å². The topological polar surface area (TPSA) is 123 Å². The van der Waals surface area contributed by atoms with Gasteiger partial charge in [-0.3, -0.25) is 14.3 Å². The van der Waals surface area contributed by atoms with Gasteiger partial charge in [-0.25, -0.2) is 0 Å². The van der Waals surface area contributed by atoms with E-state index in [1.807, 2.05) is 12.1 Å². The lowest BCUT2D eigenvalue weighted by Gasteiger charge is -2.13. The maximum absolute atomic E-state index is 12.4. The van der Waals surface area contributed by atoms with Crippen molar-refractivity contribution in [3.05, 3.63) is 68.8 Å². The standard InChI is InChI=1S/C26H29NO9S/c1-32-23-12-7-19-15-20(18-5-3-4-6-18)16-35-24(25(19)26(23)33-2)17-34-13-14-36-37(30,31)22-10-8-21(9-11-22)27(28)29/h7-12,15-16,18H,3-6,13-14,17H2,1-2H3. The molecule has 0 aromatic heterocycles. The summed E-state index contributed by atoms with van der Waals surface area (Å²) in [5, 5.41) is 12.4. The Balaban J connectivity index is 1.48. The molecule has 0 amide bonds. The first-order chi connectivity index (χ1) is 17.8. The molecule has 0 bridgehead atoms. The molecule has 198 valence electrons. The molecule has 11 heteroatoms. The number of fused-ring (bicyclic) bond motifs is 1. The Hall–Kier alpha value is -3.41. The average Bonchev–Trinajstić information content (AvgIpc) is 3.37. The molecule has 4 rings (SSSR count). The summed E-state index contributed by atoms with van der Waals surface area (Å²) in [5.74, 6) is 2.01. The molecular weight excluding hydrogens is 502 g/mol. The minimum Gasteiger partial charge on any atom is -0.493 e. The Kier molecular flexibility index (Phi) is 8.47. The second kappa shape index (κ2) is 11.8. The first-order valence-electron chi connectivity index (χ1n) is 11.9. The van der Waals surface area contributed by atoms with Crippen LogP contribution in [0.1, 0.15) is 25.7 Å². The van der Waals surface area contributed by atoms with Gasteiger partial charge in [0.2, 0.25) is 0 Å². The zero-order valence-corrected chi connectivity index (χ0v) is 21.5. The van der Waals surface area contributed by atoms with E-state index >= 15 is 0 Å². The molecule has 1 aliphatic heterocycles. The van der Waals surface area contributed by atoms with Crippen molar-refractivity contribution >= 4 is 27.6 Å². The summed E-state index contributed by atoms with van der Waals surface area (Å²) in [7, 11) is -0.969. The largest absolute Gasteiger partial charge is 0.493 e. The summed E-state index contributed by atoms with van der Waals surface area (Å²) in [6.45, 7) is -0.243. The summed E-state index contributed by atoms with van der Waals surface area (Å²) in [4.78, 5) is 9.99. The van der Waals surface area contributed by atoms with E-state index in [0.717, 1.165) is 47.9 Å². The Morgan fingerprint density at radius 3 is 2.41 bits per heavy atom. The maximum Gasteiger partial charge on any atom is 0.297 e. The molecule has 0 saturated heterocycles. The lowest BCUT2D eigenvalue weighted by atomic mass is 9.97. The minimum absolute atomic E-state index is 0.0381. The van der Waals surface area contributed by atoms with Crippen molar-refractivity contribution in [1.82, 2.24) is 0 Å². The van der Waals surface area contributed by atoms with Gasteiger partial charge in [-0.2, -0.15) is 8.42 Å². The molecule has 2 aromatic carbocycles. The van der Waals surface area contributed by atoms with Gasteiger partial charge in [-0.15, -0.1) is 0 Å². The van der Waals surface area contributed by atoms with Crippen LogP contribution in [0.4, 0.5) is 5.69 Å². The highest BCUT2D eigenvalue weighted by atomic mass is 32.2. The fourth-order valence-corrected chi connectivity index (χ4v) is 5.40. The van der Waals surface area contributed by atoms with Gasteiger partial charge in [-0.05, 0) is 53.8 Å². The molecule has 37 heavy (non-hydrogen) atoms. The van der Waals surface area contributed by atoms with Crippen LogP contribution in [0, 0.1) is 16.0 Å². The Morgan fingerprint density at radius 1 is 1.03 bits per heavy atom. The number of benzene rings is 2. The second-order valence-electron chi connectivity index (χ2n) is 8.63. The van der Waals surface area contributed by atoms with Crippen LogP contribution in [0.5, 0.6) is 11.5 Å².